The Labute approximate surface area is 178 Å². The van der Waals surface area contributed by atoms with Crippen LogP contribution in [0.3, 0.4) is 0 Å². The van der Waals surface area contributed by atoms with Gasteiger partial charge in [0.15, 0.2) is 10.6 Å². The zero-order valence-electron chi connectivity index (χ0n) is 18.0. The quantitative estimate of drug-likeness (QED) is 0.387. The third-order valence-electron chi connectivity index (χ3n) is 5.34. The van der Waals surface area contributed by atoms with Crippen molar-refractivity contribution in [2.45, 2.75) is 46.5 Å². The Morgan fingerprint density at radius 3 is 2.59 bits per heavy atom. The number of nitrogens with zero attached hydrogens (tertiary/aromatic N) is 3. The topological polar surface area (TPSA) is 62.9 Å². The van der Waals surface area contributed by atoms with Gasteiger partial charge in [-0.25, -0.2) is 0 Å². The molecule has 5 nitrogen and oxygen atoms in total. The molecule has 0 aliphatic carbocycles. The van der Waals surface area contributed by atoms with Gasteiger partial charge in [-0.05, 0) is 66.4 Å². The molecule has 0 saturated carbocycles. The van der Waals surface area contributed by atoms with Crippen LogP contribution in [-0.4, -0.2) is 28.4 Å². The summed E-state index contributed by atoms with van der Waals surface area (Å²) in [6.07, 6.45) is 2.08. The van der Waals surface area contributed by atoms with E-state index in [0.29, 0.717) is 16.4 Å². The van der Waals surface area contributed by atoms with Crippen molar-refractivity contribution in [3.8, 4) is 17.1 Å². The predicted octanol–water partition coefficient (Wildman–Crippen LogP) is 5.71. The van der Waals surface area contributed by atoms with Crippen molar-refractivity contribution < 1.29 is 0 Å². The summed E-state index contributed by atoms with van der Waals surface area (Å²) in [7, 11) is 2.14. The molecule has 154 valence electrons. The average Bonchev–Trinajstić information content (AvgIpc) is 3.09. The van der Waals surface area contributed by atoms with Gasteiger partial charge in [-0.3, -0.25) is 9.67 Å². The number of nitrogens with one attached hydrogen (secondary N) is 1. The van der Waals surface area contributed by atoms with Crippen molar-refractivity contribution in [1.82, 2.24) is 14.8 Å². The van der Waals surface area contributed by atoms with Crippen LogP contribution >= 0.6 is 12.2 Å². The zero-order valence-corrected chi connectivity index (χ0v) is 18.8. The Bertz CT molecular complexity index is 1050. The molecule has 0 aliphatic heterocycles. The van der Waals surface area contributed by atoms with Crippen LogP contribution in [0, 0.1) is 4.77 Å². The maximum Gasteiger partial charge on any atom is 0.200 e. The lowest BCUT2D eigenvalue weighted by atomic mass is 9.99. The van der Waals surface area contributed by atoms with E-state index in [1.165, 1.54) is 16.8 Å². The molecule has 0 bridgehead atoms. The maximum atomic E-state index is 6.33. The summed E-state index contributed by atoms with van der Waals surface area (Å²) in [5.74, 6) is 1.14. The van der Waals surface area contributed by atoms with Crippen molar-refractivity contribution in [2.75, 3.05) is 24.2 Å². The van der Waals surface area contributed by atoms with Crippen LogP contribution in [0.1, 0.15) is 51.2 Å². The molecule has 0 amide bonds. The molecule has 3 rings (SSSR count). The number of hydrogen-bond donors (Lipinski definition) is 2. The van der Waals surface area contributed by atoms with Crippen LogP contribution in [0.25, 0.3) is 17.1 Å². The van der Waals surface area contributed by atoms with Crippen LogP contribution in [0.2, 0.25) is 0 Å². The lowest BCUT2D eigenvalue weighted by molar-refractivity contribution is 0.843. The molecule has 0 radical (unpaired) electrons. The van der Waals surface area contributed by atoms with E-state index in [0.717, 1.165) is 36.5 Å². The van der Waals surface area contributed by atoms with E-state index in [9.17, 15) is 0 Å². The van der Waals surface area contributed by atoms with E-state index in [1.54, 1.807) is 0 Å². The first-order valence-electron chi connectivity index (χ1n) is 10.3. The third-order valence-corrected chi connectivity index (χ3v) is 5.61. The summed E-state index contributed by atoms with van der Waals surface area (Å²) < 4.78 is 2.54. The number of benzene rings is 2. The van der Waals surface area contributed by atoms with E-state index >= 15 is 0 Å². The van der Waals surface area contributed by atoms with Crippen LogP contribution in [-0.2, 0) is 6.42 Å². The van der Waals surface area contributed by atoms with Gasteiger partial charge in [0.2, 0.25) is 0 Å². The molecular weight excluding hydrogens is 378 g/mol. The minimum absolute atomic E-state index is 0.405. The number of hydrogen-bond acceptors (Lipinski definition) is 4. The number of aryl methyl sites for hydroxylation is 1. The summed E-state index contributed by atoms with van der Waals surface area (Å²) in [6, 6.07) is 12.6. The largest absolute Gasteiger partial charge is 0.398 e. The standard InChI is InChI=1S/C23H31N5S/c1-6-12-27(5)21-14-18(10-8-16(21)7-2)28-22(25-26-23(28)29)19-13-17(15(3)4)9-11-20(19)24/h8-11,13-15H,6-7,12,24H2,1-5H3,(H,26,29). The lowest BCUT2D eigenvalue weighted by Crippen LogP contribution is -2.19. The number of nitrogen functional groups attached to an aromatic ring is 1. The molecule has 0 fully saturated rings. The number of nitrogens with two attached hydrogens (primary N) is 1. The van der Waals surface area contributed by atoms with Gasteiger partial charge in [-0.1, -0.05) is 39.8 Å². The van der Waals surface area contributed by atoms with Gasteiger partial charge in [0.25, 0.3) is 0 Å². The first kappa shape index (κ1) is 21.1. The average molecular weight is 410 g/mol. The normalized spacial score (nSPS) is 11.2. The number of rotatable bonds is 7. The Hall–Kier alpha value is -2.60. The molecule has 0 saturated heterocycles. The summed E-state index contributed by atoms with van der Waals surface area (Å²) >= 11 is 5.59. The molecular formula is C23H31N5S. The Balaban J connectivity index is 2.18. The Morgan fingerprint density at radius 2 is 1.93 bits per heavy atom. The summed E-state index contributed by atoms with van der Waals surface area (Å²) in [5, 5.41) is 7.49. The van der Waals surface area contributed by atoms with Gasteiger partial charge in [0.1, 0.15) is 0 Å². The second kappa shape index (κ2) is 8.82. The number of H-pyrrole nitrogens is 1. The molecule has 2 aromatic carbocycles. The second-order valence-electron chi connectivity index (χ2n) is 7.78. The predicted molar refractivity (Wildman–Crippen MR) is 126 cm³/mol. The van der Waals surface area contributed by atoms with Gasteiger partial charge in [0, 0.05) is 30.5 Å². The minimum Gasteiger partial charge on any atom is -0.398 e. The first-order valence-corrected chi connectivity index (χ1v) is 10.7. The number of aromatic nitrogens is 3. The highest BCUT2D eigenvalue weighted by molar-refractivity contribution is 7.71. The first-order chi connectivity index (χ1) is 13.9. The molecule has 0 aliphatic rings. The lowest BCUT2D eigenvalue weighted by Gasteiger charge is -2.23. The van der Waals surface area contributed by atoms with Crippen molar-refractivity contribution in [3.05, 3.63) is 52.3 Å². The van der Waals surface area contributed by atoms with Gasteiger partial charge >= 0.3 is 0 Å². The van der Waals surface area contributed by atoms with E-state index < -0.39 is 0 Å². The molecule has 6 heteroatoms. The summed E-state index contributed by atoms with van der Waals surface area (Å²) in [5.41, 5.74) is 12.7. The van der Waals surface area contributed by atoms with Gasteiger partial charge in [-0.15, -0.1) is 0 Å². The van der Waals surface area contributed by atoms with Crippen LogP contribution in [0.15, 0.2) is 36.4 Å². The fourth-order valence-electron chi connectivity index (χ4n) is 3.65. The Morgan fingerprint density at radius 1 is 1.17 bits per heavy atom. The van der Waals surface area contributed by atoms with Crippen LogP contribution in [0.5, 0.6) is 0 Å². The van der Waals surface area contributed by atoms with Crippen molar-refractivity contribution >= 4 is 23.6 Å². The van der Waals surface area contributed by atoms with Crippen molar-refractivity contribution in [2.24, 2.45) is 0 Å². The third kappa shape index (κ3) is 4.22. The van der Waals surface area contributed by atoms with Crippen molar-refractivity contribution in [3.63, 3.8) is 0 Å². The van der Waals surface area contributed by atoms with Crippen LogP contribution < -0.4 is 10.6 Å². The molecule has 3 aromatic rings. The SMILES string of the molecule is CCCN(C)c1cc(-n2c(-c3cc(C(C)C)ccc3N)n[nH]c2=S)ccc1CC. The van der Waals surface area contributed by atoms with Gasteiger partial charge < -0.3 is 10.6 Å². The molecule has 1 heterocycles. The molecule has 1 aromatic heterocycles. The van der Waals surface area contributed by atoms with Gasteiger partial charge in [0.05, 0.1) is 5.69 Å². The Kier molecular flexibility index (Phi) is 6.42. The molecule has 0 unspecified atom stereocenters. The number of anilines is 2. The second-order valence-corrected chi connectivity index (χ2v) is 8.16. The summed E-state index contributed by atoms with van der Waals surface area (Å²) in [6.45, 7) is 9.73. The molecule has 0 atom stereocenters. The van der Waals surface area contributed by atoms with E-state index in [4.69, 9.17) is 18.0 Å². The molecule has 0 spiro atoms. The monoisotopic (exact) mass is 409 g/mol. The number of aromatic amines is 1. The molecule has 3 N–H and O–H groups in total. The van der Waals surface area contributed by atoms with Crippen LogP contribution in [0.4, 0.5) is 11.4 Å². The van der Waals surface area contributed by atoms with E-state index in [1.807, 2.05) is 10.6 Å². The fourth-order valence-corrected chi connectivity index (χ4v) is 3.88. The molecule has 29 heavy (non-hydrogen) atoms. The highest BCUT2D eigenvalue weighted by Gasteiger charge is 2.17. The minimum atomic E-state index is 0.405. The zero-order chi connectivity index (χ0) is 21.1. The fraction of sp³-hybridized carbons (Fsp3) is 0.391. The van der Waals surface area contributed by atoms with E-state index in [-0.39, 0.29) is 0 Å². The maximum absolute atomic E-state index is 6.33. The van der Waals surface area contributed by atoms with Gasteiger partial charge in [-0.2, -0.15) is 5.10 Å². The smallest absolute Gasteiger partial charge is 0.200 e. The highest BCUT2D eigenvalue weighted by Crippen LogP contribution is 2.32. The summed E-state index contributed by atoms with van der Waals surface area (Å²) in [4.78, 5) is 2.31. The highest BCUT2D eigenvalue weighted by atomic mass is 32.1. The van der Waals surface area contributed by atoms with E-state index in [2.05, 4.69) is 80.2 Å². The van der Waals surface area contributed by atoms with Crippen molar-refractivity contribution in [1.29, 1.82) is 0 Å².